The van der Waals surface area contributed by atoms with Crippen LogP contribution in [-0.4, -0.2) is 78.7 Å². The molecule has 0 aliphatic heterocycles. The van der Waals surface area contributed by atoms with Crippen LogP contribution in [0.15, 0.2) is 0 Å². The molecular formula is C40H78N2O5S. The van der Waals surface area contributed by atoms with E-state index in [4.69, 9.17) is 9.47 Å². The van der Waals surface area contributed by atoms with Crippen LogP contribution in [0.1, 0.15) is 188 Å². The summed E-state index contributed by atoms with van der Waals surface area (Å²) in [4.78, 5) is 42.7. The van der Waals surface area contributed by atoms with Crippen LogP contribution in [0, 0.1) is 0 Å². The Labute approximate surface area is 301 Å². The number of esters is 2. The van der Waals surface area contributed by atoms with Gasteiger partial charge in [-0.05, 0) is 84.7 Å². The van der Waals surface area contributed by atoms with Gasteiger partial charge in [0.05, 0.1) is 0 Å². The van der Waals surface area contributed by atoms with Gasteiger partial charge in [0.2, 0.25) is 0 Å². The molecule has 0 radical (unpaired) electrons. The Balaban J connectivity index is 4.89. The van der Waals surface area contributed by atoms with Gasteiger partial charge in [-0.25, -0.2) is 0 Å². The highest BCUT2D eigenvalue weighted by Gasteiger charge is 2.19. The number of ether oxygens (including phenoxy) is 2. The van der Waals surface area contributed by atoms with Crippen LogP contribution in [0.2, 0.25) is 0 Å². The van der Waals surface area contributed by atoms with Crippen molar-refractivity contribution in [3.8, 4) is 0 Å². The first-order chi connectivity index (χ1) is 23.3. The Morgan fingerprint density at radius 3 is 1.40 bits per heavy atom. The second kappa shape index (κ2) is 34.2. The van der Waals surface area contributed by atoms with Gasteiger partial charge in [0, 0.05) is 38.2 Å². The molecule has 1 unspecified atom stereocenters. The largest absolute Gasteiger partial charge is 0.462 e. The number of unbranched alkanes of at least 4 members (excludes halogenated alkanes) is 13. The van der Waals surface area contributed by atoms with Gasteiger partial charge in [-0.15, -0.1) is 0 Å². The second-order valence-corrected chi connectivity index (χ2v) is 15.1. The predicted molar refractivity (Wildman–Crippen MR) is 206 cm³/mol. The van der Waals surface area contributed by atoms with Gasteiger partial charge in [-0.3, -0.25) is 14.4 Å². The van der Waals surface area contributed by atoms with Crippen molar-refractivity contribution < 1.29 is 23.9 Å². The van der Waals surface area contributed by atoms with Crippen molar-refractivity contribution in [1.29, 1.82) is 0 Å². The molecule has 0 N–H and O–H groups in total. The minimum atomic E-state index is -0.135. The van der Waals surface area contributed by atoms with Crippen LogP contribution in [0.4, 0.5) is 4.79 Å². The number of carbonyl (C=O) groups is 3. The van der Waals surface area contributed by atoms with Gasteiger partial charge in [0.25, 0.3) is 5.24 Å². The predicted octanol–water partition coefficient (Wildman–Crippen LogP) is 11.4. The maximum absolute atomic E-state index is 13.1. The standard InChI is InChI=1S/C40H78N2O5S/c1-7-11-15-17-18-22-29-37(28-21-16-12-8-2)47-39(44)31-25-33-42(40(45)48-35-34-41(5)6)32-24-23-30-38(43)46-36(26-19-13-9-3)27-20-14-10-4/h36-37H,7-35H2,1-6H3. The lowest BCUT2D eigenvalue weighted by Crippen LogP contribution is -2.31. The third kappa shape index (κ3) is 29.6. The van der Waals surface area contributed by atoms with Gasteiger partial charge in [-0.2, -0.15) is 0 Å². The minimum absolute atomic E-state index is 0.0116. The lowest BCUT2D eigenvalue weighted by Gasteiger charge is -2.23. The highest BCUT2D eigenvalue weighted by molar-refractivity contribution is 8.13. The molecule has 0 aromatic heterocycles. The molecule has 1 amide bonds. The molecule has 1 atom stereocenters. The van der Waals surface area contributed by atoms with E-state index >= 15 is 0 Å². The number of hydrogen-bond donors (Lipinski definition) is 0. The number of amides is 1. The van der Waals surface area contributed by atoms with E-state index in [-0.39, 0.29) is 29.4 Å². The zero-order valence-corrected chi connectivity index (χ0v) is 33.3. The molecule has 0 heterocycles. The van der Waals surface area contributed by atoms with Gasteiger partial charge in [-0.1, -0.05) is 117 Å². The van der Waals surface area contributed by atoms with Gasteiger partial charge < -0.3 is 19.3 Å². The van der Waals surface area contributed by atoms with Crippen LogP contribution < -0.4 is 0 Å². The molecule has 7 nitrogen and oxygen atoms in total. The van der Waals surface area contributed by atoms with Crippen molar-refractivity contribution in [2.75, 3.05) is 39.5 Å². The van der Waals surface area contributed by atoms with Crippen LogP contribution in [-0.2, 0) is 19.1 Å². The molecule has 0 aliphatic rings. The summed E-state index contributed by atoms with van der Waals surface area (Å²) >= 11 is 1.34. The molecule has 284 valence electrons. The van der Waals surface area contributed by atoms with Crippen LogP contribution >= 0.6 is 11.8 Å². The average molecular weight is 699 g/mol. The molecule has 48 heavy (non-hydrogen) atoms. The highest BCUT2D eigenvalue weighted by atomic mass is 32.2. The van der Waals surface area contributed by atoms with Crippen molar-refractivity contribution in [1.82, 2.24) is 9.80 Å². The molecule has 0 aliphatic carbocycles. The van der Waals surface area contributed by atoms with Gasteiger partial charge in [0.1, 0.15) is 12.2 Å². The first kappa shape index (κ1) is 46.7. The molecule has 0 aromatic rings. The lowest BCUT2D eigenvalue weighted by atomic mass is 10.0. The zero-order valence-electron chi connectivity index (χ0n) is 32.5. The maximum Gasteiger partial charge on any atom is 0.306 e. The van der Waals surface area contributed by atoms with E-state index in [2.05, 4.69) is 32.6 Å². The average Bonchev–Trinajstić information content (AvgIpc) is 3.05. The monoisotopic (exact) mass is 699 g/mol. The molecular weight excluding hydrogens is 621 g/mol. The van der Waals surface area contributed by atoms with E-state index in [1.807, 2.05) is 19.0 Å². The fraction of sp³-hybridized carbons (Fsp3) is 0.925. The Morgan fingerprint density at radius 1 is 0.500 bits per heavy atom. The number of nitrogens with zero attached hydrogens (tertiary/aromatic N) is 2. The molecule has 0 saturated carbocycles. The number of carbonyl (C=O) groups excluding carboxylic acids is 3. The normalized spacial score (nSPS) is 12.1. The second-order valence-electron chi connectivity index (χ2n) is 14.1. The van der Waals surface area contributed by atoms with Crippen LogP contribution in [0.25, 0.3) is 0 Å². The van der Waals surface area contributed by atoms with E-state index < -0.39 is 0 Å². The van der Waals surface area contributed by atoms with Crippen molar-refractivity contribution in [2.24, 2.45) is 0 Å². The summed E-state index contributed by atoms with van der Waals surface area (Å²) in [6.45, 7) is 10.8. The molecule has 8 heteroatoms. The number of rotatable bonds is 34. The number of hydrogen-bond acceptors (Lipinski definition) is 7. The fourth-order valence-electron chi connectivity index (χ4n) is 5.90. The van der Waals surface area contributed by atoms with Crippen LogP contribution in [0.3, 0.4) is 0 Å². The molecule has 0 fully saturated rings. The summed E-state index contributed by atoms with van der Waals surface area (Å²) in [5.74, 6) is 0.482. The van der Waals surface area contributed by atoms with Gasteiger partial charge >= 0.3 is 11.9 Å². The molecule has 0 bridgehead atoms. The van der Waals surface area contributed by atoms with Crippen molar-refractivity contribution >= 4 is 28.9 Å². The lowest BCUT2D eigenvalue weighted by molar-refractivity contribution is -0.151. The summed E-state index contributed by atoms with van der Waals surface area (Å²) in [5.41, 5.74) is 0. The number of thioether (sulfide) groups is 1. The summed E-state index contributed by atoms with van der Waals surface area (Å²) in [6.07, 6.45) is 25.7. The SMILES string of the molecule is CCCCCCCCC(CCCCCC)OC(=O)CCCN(CCCCC(=O)OC(CCCCC)CCCCC)C(=O)SCCN(C)C. The Hall–Kier alpha value is -1.28. The Morgan fingerprint density at radius 2 is 0.896 bits per heavy atom. The quantitative estimate of drug-likeness (QED) is 0.0489. The smallest absolute Gasteiger partial charge is 0.306 e. The van der Waals surface area contributed by atoms with E-state index in [0.29, 0.717) is 38.8 Å². The third-order valence-electron chi connectivity index (χ3n) is 9.00. The highest BCUT2D eigenvalue weighted by Crippen LogP contribution is 2.19. The summed E-state index contributed by atoms with van der Waals surface area (Å²) in [7, 11) is 4.02. The zero-order chi connectivity index (χ0) is 35.7. The Kier molecular flexibility index (Phi) is 33.3. The third-order valence-corrected chi connectivity index (χ3v) is 9.90. The first-order valence-electron chi connectivity index (χ1n) is 20.2. The summed E-state index contributed by atoms with van der Waals surface area (Å²) < 4.78 is 11.9. The Bertz CT molecular complexity index is 756. The fourth-order valence-corrected chi connectivity index (χ4v) is 6.89. The van der Waals surface area contributed by atoms with E-state index in [0.717, 1.165) is 70.1 Å². The molecule has 0 saturated heterocycles. The topological polar surface area (TPSA) is 76.1 Å². The van der Waals surface area contributed by atoms with E-state index in [1.165, 1.54) is 88.8 Å². The van der Waals surface area contributed by atoms with Crippen LogP contribution in [0.5, 0.6) is 0 Å². The summed E-state index contributed by atoms with van der Waals surface area (Å²) in [5, 5.41) is 0.0524. The van der Waals surface area contributed by atoms with Gasteiger partial charge in [0.15, 0.2) is 0 Å². The minimum Gasteiger partial charge on any atom is -0.462 e. The first-order valence-corrected chi connectivity index (χ1v) is 21.2. The molecule has 0 spiro atoms. The van der Waals surface area contributed by atoms with Crippen molar-refractivity contribution in [3.63, 3.8) is 0 Å². The summed E-state index contributed by atoms with van der Waals surface area (Å²) in [6, 6.07) is 0. The van der Waals surface area contributed by atoms with Crippen molar-refractivity contribution in [3.05, 3.63) is 0 Å². The molecule has 0 aromatic carbocycles. The maximum atomic E-state index is 13.1. The van der Waals surface area contributed by atoms with Crippen molar-refractivity contribution in [2.45, 2.75) is 200 Å². The molecule has 0 rings (SSSR count). The van der Waals surface area contributed by atoms with E-state index in [1.54, 1.807) is 0 Å². The van der Waals surface area contributed by atoms with E-state index in [9.17, 15) is 14.4 Å².